The van der Waals surface area contributed by atoms with Gasteiger partial charge in [-0.1, -0.05) is 15.9 Å². The maximum Gasteiger partial charge on any atom is 0.162 e. The van der Waals surface area contributed by atoms with Crippen molar-refractivity contribution in [1.82, 2.24) is 14.8 Å². The van der Waals surface area contributed by atoms with Crippen molar-refractivity contribution in [3.8, 4) is 0 Å². The Morgan fingerprint density at radius 2 is 2.46 bits per heavy atom. The molecular weight excluding hydrogens is 234 g/mol. The second-order valence-corrected chi connectivity index (χ2v) is 3.73. The summed E-state index contributed by atoms with van der Waals surface area (Å²) >= 11 is 3.37. The number of alkyl halides is 1. The number of rotatable bonds is 2. The molecule has 1 fully saturated rings. The van der Waals surface area contributed by atoms with Crippen molar-refractivity contribution in [2.75, 3.05) is 6.61 Å². The molecule has 0 bridgehead atoms. The van der Waals surface area contributed by atoms with Gasteiger partial charge in [0, 0.05) is 13.7 Å². The molecule has 4 nitrogen and oxygen atoms in total. The van der Waals surface area contributed by atoms with E-state index < -0.39 is 0 Å². The van der Waals surface area contributed by atoms with Crippen molar-refractivity contribution in [1.29, 1.82) is 0 Å². The van der Waals surface area contributed by atoms with Crippen LogP contribution in [0.5, 0.6) is 0 Å². The lowest BCUT2D eigenvalue weighted by Gasteiger charge is -2.08. The van der Waals surface area contributed by atoms with Crippen LogP contribution in [0.4, 0.5) is 0 Å². The quantitative estimate of drug-likeness (QED) is 0.743. The molecule has 0 saturated carbocycles. The minimum atomic E-state index is 0.158. The second-order valence-electron chi connectivity index (χ2n) is 3.17. The van der Waals surface area contributed by atoms with Crippen LogP contribution in [0.25, 0.3) is 0 Å². The van der Waals surface area contributed by atoms with Crippen molar-refractivity contribution in [3.05, 3.63) is 11.6 Å². The number of ether oxygens (including phenoxy) is 1. The highest BCUT2D eigenvalue weighted by atomic mass is 79.9. The van der Waals surface area contributed by atoms with Crippen LogP contribution in [0.15, 0.2) is 0 Å². The summed E-state index contributed by atoms with van der Waals surface area (Å²) < 4.78 is 7.54. The predicted molar refractivity (Wildman–Crippen MR) is 51.6 cm³/mol. The van der Waals surface area contributed by atoms with Gasteiger partial charge in [0.2, 0.25) is 0 Å². The Hall–Kier alpha value is -0.420. The monoisotopic (exact) mass is 245 g/mol. The smallest absolute Gasteiger partial charge is 0.162 e. The van der Waals surface area contributed by atoms with Gasteiger partial charge in [-0.3, -0.25) is 0 Å². The summed E-state index contributed by atoms with van der Waals surface area (Å²) in [6.07, 6.45) is 2.35. The highest BCUT2D eigenvalue weighted by molar-refractivity contribution is 9.08. The number of hydrogen-bond donors (Lipinski definition) is 0. The van der Waals surface area contributed by atoms with Gasteiger partial charge >= 0.3 is 0 Å². The summed E-state index contributed by atoms with van der Waals surface area (Å²) in [6.45, 7) is 0.848. The van der Waals surface area contributed by atoms with Gasteiger partial charge in [-0.15, -0.1) is 10.2 Å². The lowest BCUT2D eigenvalue weighted by molar-refractivity contribution is 0.102. The third-order valence-electron chi connectivity index (χ3n) is 2.34. The lowest BCUT2D eigenvalue weighted by atomic mass is 10.2. The second kappa shape index (κ2) is 3.75. The molecule has 5 heteroatoms. The van der Waals surface area contributed by atoms with Gasteiger partial charge in [0.15, 0.2) is 5.82 Å². The SMILES string of the molecule is Cn1c(CBr)nnc1C1CCCO1. The van der Waals surface area contributed by atoms with E-state index in [1.807, 2.05) is 11.6 Å². The summed E-state index contributed by atoms with van der Waals surface area (Å²) in [6, 6.07) is 0. The molecule has 0 aromatic carbocycles. The molecule has 72 valence electrons. The fourth-order valence-corrected chi connectivity index (χ4v) is 2.04. The molecule has 0 N–H and O–H groups in total. The molecule has 0 amide bonds. The molecule has 0 spiro atoms. The van der Waals surface area contributed by atoms with E-state index in [9.17, 15) is 0 Å². The fourth-order valence-electron chi connectivity index (χ4n) is 1.55. The van der Waals surface area contributed by atoms with Gasteiger partial charge in [-0.2, -0.15) is 0 Å². The Bertz CT molecular complexity index is 294. The summed E-state index contributed by atoms with van der Waals surface area (Å²) in [5.41, 5.74) is 0. The van der Waals surface area contributed by atoms with E-state index in [1.54, 1.807) is 0 Å². The van der Waals surface area contributed by atoms with Crippen molar-refractivity contribution >= 4 is 15.9 Å². The average Bonchev–Trinajstić information content (AvgIpc) is 2.72. The Balaban J connectivity index is 2.24. The summed E-state index contributed by atoms with van der Waals surface area (Å²) in [7, 11) is 1.98. The van der Waals surface area contributed by atoms with Gasteiger partial charge in [0.05, 0.1) is 5.33 Å². The molecule has 1 aromatic rings. The molecule has 1 saturated heterocycles. The lowest BCUT2D eigenvalue weighted by Crippen LogP contribution is -2.06. The fraction of sp³-hybridized carbons (Fsp3) is 0.750. The molecule has 2 heterocycles. The zero-order chi connectivity index (χ0) is 9.26. The van der Waals surface area contributed by atoms with Crippen molar-refractivity contribution in [3.63, 3.8) is 0 Å². The molecular formula is C8H12BrN3O. The van der Waals surface area contributed by atoms with Crippen LogP contribution in [0, 0.1) is 0 Å². The van der Waals surface area contributed by atoms with E-state index in [1.165, 1.54) is 0 Å². The van der Waals surface area contributed by atoms with E-state index in [0.29, 0.717) is 0 Å². The molecule has 0 aliphatic carbocycles. The first-order valence-corrected chi connectivity index (χ1v) is 5.51. The van der Waals surface area contributed by atoms with Crippen LogP contribution in [-0.4, -0.2) is 21.4 Å². The highest BCUT2D eigenvalue weighted by Crippen LogP contribution is 2.27. The van der Waals surface area contributed by atoms with E-state index in [4.69, 9.17) is 4.74 Å². The zero-order valence-electron chi connectivity index (χ0n) is 7.53. The number of halogens is 1. The number of nitrogens with zero attached hydrogens (tertiary/aromatic N) is 3. The third-order valence-corrected chi connectivity index (χ3v) is 2.84. The molecule has 1 aliphatic heterocycles. The van der Waals surface area contributed by atoms with Gasteiger partial charge in [-0.05, 0) is 12.8 Å². The van der Waals surface area contributed by atoms with Crippen LogP contribution in [0.2, 0.25) is 0 Å². The van der Waals surface area contributed by atoms with Crippen molar-refractivity contribution < 1.29 is 4.74 Å². The number of aromatic nitrogens is 3. The molecule has 1 aliphatic rings. The largest absolute Gasteiger partial charge is 0.370 e. The van der Waals surface area contributed by atoms with Crippen molar-refractivity contribution in [2.45, 2.75) is 24.3 Å². The minimum Gasteiger partial charge on any atom is -0.370 e. The molecule has 0 radical (unpaired) electrons. The molecule has 2 rings (SSSR count). The standard InChI is InChI=1S/C8H12BrN3O/c1-12-7(5-9)10-11-8(12)6-3-2-4-13-6/h6H,2-5H2,1H3. The van der Waals surface area contributed by atoms with Crippen LogP contribution in [-0.2, 0) is 17.1 Å². The molecule has 1 unspecified atom stereocenters. The Morgan fingerprint density at radius 1 is 1.62 bits per heavy atom. The Morgan fingerprint density at radius 3 is 3.00 bits per heavy atom. The maximum absolute atomic E-state index is 5.54. The summed E-state index contributed by atoms with van der Waals surface area (Å²) in [5, 5.41) is 8.93. The first-order chi connectivity index (χ1) is 6.33. The molecule has 13 heavy (non-hydrogen) atoms. The van der Waals surface area contributed by atoms with Gasteiger partial charge in [-0.25, -0.2) is 0 Å². The molecule has 1 aromatic heterocycles. The van der Waals surface area contributed by atoms with Crippen LogP contribution in [0.1, 0.15) is 30.6 Å². The summed E-state index contributed by atoms with van der Waals surface area (Å²) in [4.78, 5) is 0. The zero-order valence-corrected chi connectivity index (χ0v) is 9.12. The van der Waals surface area contributed by atoms with Gasteiger partial charge in [0.25, 0.3) is 0 Å². The van der Waals surface area contributed by atoms with Crippen LogP contribution in [0.3, 0.4) is 0 Å². The highest BCUT2D eigenvalue weighted by Gasteiger charge is 2.23. The Labute approximate surface area is 85.4 Å². The van der Waals surface area contributed by atoms with E-state index >= 15 is 0 Å². The van der Waals surface area contributed by atoms with E-state index in [-0.39, 0.29) is 6.10 Å². The van der Waals surface area contributed by atoms with Crippen molar-refractivity contribution in [2.24, 2.45) is 7.05 Å². The van der Waals surface area contributed by atoms with Gasteiger partial charge < -0.3 is 9.30 Å². The van der Waals surface area contributed by atoms with Gasteiger partial charge in [0.1, 0.15) is 11.9 Å². The average molecular weight is 246 g/mol. The summed E-state index contributed by atoms with van der Waals surface area (Å²) in [5.74, 6) is 1.90. The van der Waals surface area contributed by atoms with E-state index in [2.05, 4.69) is 26.1 Å². The maximum atomic E-state index is 5.54. The first-order valence-electron chi connectivity index (χ1n) is 4.38. The molecule has 1 atom stereocenters. The van der Waals surface area contributed by atoms with Crippen LogP contribution >= 0.6 is 15.9 Å². The Kier molecular flexibility index (Phi) is 2.64. The number of hydrogen-bond acceptors (Lipinski definition) is 3. The van der Waals surface area contributed by atoms with E-state index in [0.717, 1.165) is 36.4 Å². The normalized spacial score (nSPS) is 22.5. The third kappa shape index (κ3) is 1.62. The van der Waals surface area contributed by atoms with Crippen LogP contribution < -0.4 is 0 Å². The predicted octanol–water partition coefficient (Wildman–Crippen LogP) is 1.56. The first kappa shape index (κ1) is 9.15. The minimum absolute atomic E-state index is 0.158. The topological polar surface area (TPSA) is 39.9 Å².